The van der Waals surface area contributed by atoms with E-state index in [0.29, 0.717) is 0 Å². The van der Waals surface area contributed by atoms with E-state index in [2.05, 4.69) is 64.1 Å². The van der Waals surface area contributed by atoms with Gasteiger partial charge in [-0.25, -0.2) is 0 Å². The fourth-order valence-corrected chi connectivity index (χ4v) is 6.09. The molecule has 0 saturated heterocycles. The van der Waals surface area contributed by atoms with E-state index in [0.717, 1.165) is 5.56 Å². The molecule has 0 N–H and O–H groups in total. The third-order valence-electron chi connectivity index (χ3n) is 4.55. The Balaban J connectivity index is 2.28. The van der Waals surface area contributed by atoms with Crippen molar-refractivity contribution in [2.24, 2.45) is 0 Å². The predicted molar refractivity (Wildman–Crippen MR) is 109 cm³/mol. The molecule has 0 atom stereocenters. The predicted octanol–water partition coefficient (Wildman–Crippen LogP) is 5.19. The number of hydrogen-bond donors (Lipinski definition) is 0. The van der Waals surface area contributed by atoms with Crippen LogP contribution in [-0.4, -0.2) is 5.52 Å². The van der Waals surface area contributed by atoms with Gasteiger partial charge < -0.3 is 0 Å². The van der Waals surface area contributed by atoms with E-state index in [4.69, 9.17) is 0 Å². The molecule has 3 aromatic carbocycles. The Morgan fingerprint density at radius 3 is 1.40 bits per heavy atom. The first kappa shape index (κ1) is 17.6. The van der Waals surface area contributed by atoms with Crippen LogP contribution in [0.3, 0.4) is 0 Å². The lowest BCUT2D eigenvalue weighted by molar-refractivity contribution is 0.108. The molecule has 3 aromatic rings. The van der Waals surface area contributed by atoms with Gasteiger partial charge in [0, 0.05) is 13.5 Å². The minimum atomic E-state index is -1.11. The first-order valence-corrected chi connectivity index (χ1v) is 9.87. The minimum absolute atomic E-state index is 0.227. The average molecular weight is 346 g/mol. The van der Waals surface area contributed by atoms with Crippen LogP contribution in [0.4, 0.5) is 0 Å². The van der Waals surface area contributed by atoms with Gasteiger partial charge in [0.2, 0.25) is 0 Å². The summed E-state index contributed by atoms with van der Waals surface area (Å²) in [6.07, 6.45) is 0. The number of aryl methyl sites for hydroxylation is 4. The lowest BCUT2D eigenvalue weighted by Crippen LogP contribution is -2.25. The summed E-state index contributed by atoms with van der Waals surface area (Å²) in [6.45, 7) is 8.46. The second kappa shape index (κ2) is 7.33. The molecule has 0 amide bonds. The first-order chi connectivity index (χ1) is 12.0. The number of carbonyl (C=O) groups is 1. The van der Waals surface area contributed by atoms with Crippen LogP contribution in [0, 0.1) is 27.7 Å². The molecule has 3 rings (SSSR count). The van der Waals surface area contributed by atoms with E-state index in [1.54, 1.807) is 0 Å². The molecule has 0 unspecified atom stereocenters. The zero-order valence-corrected chi connectivity index (χ0v) is 16.1. The van der Waals surface area contributed by atoms with Gasteiger partial charge in [0.1, 0.15) is 0 Å². The molecular weight excluding hydrogens is 323 g/mol. The number of benzene rings is 3. The molecule has 25 heavy (non-hydrogen) atoms. The normalized spacial score (nSPS) is 10.9. The second-order valence-corrected chi connectivity index (χ2v) is 8.46. The van der Waals surface area contributed by atoms with Crippen molar-refractivity contribution < 1.29 is 4.79 Å². The Morgan fingerprint density at radius 1 is 0.600 bits per heavy atom. The molecule has 0 fully saturated rings. The van der Waals surface area contributed by atoms with Crippen LogP contribution in [0.5, 0.6) is 0 Å². The molecule has 0 aliphatic heterocycles. The van der Waals surface area contributed by atoms with Gasteiger partial charge in [-0.1, -0.05) is 66.7 Å². The van der Waals surface area contributed by atoms with Gasteiger partial charge in [0.25, 0.3) is 0 Å². The fraction of sp³-hybridized carbons (Fsp3) is 0.174. The summed E-state index contributed by atoms with van der Waals surface area (Å²) in [5.41, 5.74) is 5.79. The smallest absolute Gasteiger partial charge is 0.193 e. The van der Waals surface area contributed by atoms with Crippen molar-refractivity contribution in [3.63, 3.8) is 0 Å². The molecule has 1 nitrogen and oxygen atoms in total. The quantitative estimate of drug-likeness (QED) is 0.594. The lowest BCUT2D eigenvalue weighted by Gasteiger charge is -2.24. The third-order valence-corrected chi connectivity index (χ3v) is 7.52. The van der Waals surface area contributed by atoms with Gasteiger partial charge in [-0.05, 0) is 60.6 Å². The van der Waals surface area contributed by atoms with Crippen LogP contribution in [0.15, 0.2) is 66.7 Å². The first-order valence-electron chi connectivity index (χ1n) is 8.52. The largest absolute Gasteiger partial charge is 0.288 e. The number of carbonyl (C=O) groups excluding carboxylic acids is 1. The van der Waals surface area contributed by atoms with Crippen LogP contribution >= 0.6 is 7.92 Å². The van der Waals surface area contributed by atoms with E-state index in [1.165, 1.54) is 32.9 Å². The summed E-state index contributed by atoms with van der Waals surface area (Å²) in [7, 11) is -1.11. The molecule has 0 bridgehead atoms. The third kappa shape index (κ3) is 3.43. The highest BCUT2D eigenvalue weighted by Crippen LogP contribution is 2.41. The summed E-state index contributed by atoms with van der Waals surface area (Å²) in [6, 6.07) is 22.3. The molecule has 126 valence electrons. The van der Waals surface area contributed by atoms with Gasteiger partial charge in [0.05, 0.1) is 0 Å². The second-order valence-electron chi connectivity index (χ2n) is 6.49. The van der Waals surface area contributed by atoms with Gasteiger partial charge in [-0.2, -0.15) is 0 Å². The number of rotatable bonds is 4. The monoisotopic (exact) mass is 346 g/mol. The molecule has 0 aliphatic rings. The van der Waals surface area contributed by atoms with Gasteiger partial charge in [0.15, 0.2) is 5.52 Å². The molecule has 0 radical (unpaired) electrons. The fourth-order valence-electron chi connectivity index (χ4n) is 3.34. The molecule has 0 aliphatic carbocycles. The Hall–Kier alpha value is -2.24. The summed E-state index contributed by atoms with van der Waals surface area (Å²) < 4.78 is 0. The summed E-state index contributed by atoms with van der Waals surface area (Å²) in [5, 5.41) is 2.40. The zero-order chi connectivity index (χ0) is 18.0. The molecular formula is C23H23OP. The van der Waals surface area contributed by atoms with Crippen molar-refractivity contribution in [3.8, 4) is 0 Å². The standard InChI is InChI=1S/C23H23OP/c1-16-10-8-11-17(2)21(16)25(22-18(3)12-9-13-19(22)4)23(24)20-14-6-5-7-15-20/h5-15H,1-4H3. The van der Waals surface area contributed by atoms with E-state index in [1.807, 2.05) is 30.3 Å². The molecule has 0 spiro atoms. The highest BCUT2D eigenvalue weighted by atomic mass is 31.1. The van der Waals surface area contributed by atoms with Crippen LogP contribution < -0.4 is 10.6 Å². The average Bonchev–Trinajstić information content (AvgIpc) is 2.60. The van der Waals surface area contributed by atoms with E-state index < -0.39 is 7.92 Å². The maximum atomic E-state index is 13.6. The van der Waals surface area contributed by atoms with Gasteiger partial charge in [-0.15, -0.1) is 0 Å². The van der Waals surface area contributed by atoms with Crippen molar-refractivity contribution in [3.05, 3.63) is 94.5 Å². The van der Waals surface area contributed by atoms with Crippen molar-refractivity contribution in [1.29, 1.82) is 0 Å². The van der Waals surface area contributed by atoms with Gasteiger partial charge in [-0.3, -0.25) is 4.79 Å². The Bertz CT molecular complexity index is 821. The topological polar surface area (TPSA) is 17.1 Å². The summed E-state index contributed by atoms with van der Waals surface area (Å²) in [4.78, 5) is 13.6. The minimum Gasteiger partial charge on any atom is -0.288 e. The van der Waals surface area contributed by atoms with Crippen LogP contribution in [-0.2, 0) is 0 Å². The van der Waals surface area contributed by atoms with E-state index in [-0.39, 0.29) is 5.52 Å². The molecule has 0 saturated carbocycles. The highest BCUT2D eigenvalue weighted by molar-refractivity contribution is 7.88. The molecule has 0 heterocycles. The highest BCUT2D eigenvalue weighted by Gasteiger charge is 2.28. The maximum Gasteiger partial charge on any atom is 0.193 e. The van der Waals surface area contributed by atoms with Crippen molar-refractivity contribution in [1.82, 2.24) is 0 Å². The van der Waals surface area contributed by atoms with E-state index in [9.17, 15) is 4.79 Å². The maximum absolute atomic E-state index is 13.6. The Kier molecular flexibility index (Phi) is 5.16. The van der Waals surface area contributed by atoms with Crippen molar-refractivity contribution in [2.45, 2.75) is 27.7 Å². The SMILES string of the molecule is Cc1cccc(C)c1P(C(=O)c1ccccc1)c1c(C)cccc1C. The molecule has 2 heteroatoms. The van der Waals surface area contributed by atoms with Gasteiger partial charge >= 0.3 is 0 Å². The summed E-state index contributed by atoms with van der Waals surface area (Å²) in [5.74, 6) is 0. The molecule has 0 aromatic heterocycles. The van der Waals surface area contributed by atoms with Crippen LogP contribution in [0.2, 0.25) is 0 Å². The lowest BCUT2D eigenvalue weighted by atomic mass is 10.1. The van der Waals surface area contributed by atoms with Crippen molar-refractivity contribution >= 4 is 24.1 Å². The van der Waals surface area contributed by atoms with E-state index >= 15 is 0 Å². The van der Waals surface area contributed by atoms with Crippen molar-refractivity contribution in [2.75, 3.05) is 0 Å². The van der Waals surface area contributed by atoms with Crippen LogP contribution in [0.1, 0.15) is 32.6 Å². The Labute approximate surface area is 151 Å². The van der Waals surface area contributed by atoms with Crippen LogP contribution in [0.25, 0.3) is 0 Å². The zero-order valence-electron chi connectivity index (χ0n) is 15.2. The summed E-state index contributed by atoms with van der Waals surface area (Å²) >= 11 is 0. The Morgan fingerprint density at radius 2 is 1.00 bits per heavy atom. The number of hydrogen-bond acceptors (Lipinski definition) is 1.